The van der Waals surface area contributed by atoms with E-state index in [1.807, 2.05) is 28.8 Å². The number of benzene rings is 1. The number of imidazole rings is 2. The summed E-state index contributed by atoms with van der Waals surface area (Å²) in [4.78, 5) is 13.3. The van der Waals surface area contributed by atoms with Crippen LogP contribution < -0.4 is 4.90 Å². The van der Waals surface area contributed by atoms with E-state index in [1.54, 1.807) is 6.20 Å². The van der Waals surface area contributed by atoms with Crippen molar-refractivity contribution in [2.45, 2.75) is 25.3 Å². The van der Waals surface area contributed by atoms with Crippen molar-refractivity contribution in [2.24, 2.45) is 0 Å². The van der Waals surface area contributed by atoms with Gasteiger partial charge in [0, 0.05) is 11.8 Å². The van der Waals surface area contributed by atoms with Crippen molar-refractivity contribution < 1.29 is 22.5 Å². The van der Waals surface area contributed by atoms with Crippen LogP contribution in [0.15, 0.2) is 48.8 Å². The molecule has 0 radical (unpaired) electrons. The molecule has 2 N–H and O–H groups in total. The third kappa shape index (κ3) is 3.81. The van der Waals surface area contributed by atoms with Crippen LogP contribution in [-0.2, 0) is 6.54 Å². The highest BCUT2D eigenvalue weighted by Crippen LogP contribution is 2.26. The highest BCUT2D eigenvalue weighted by atomic mass is 19.3. The Morgan fingerprint density at radius 2 is 1.87 bits per heavy atom. The third-order valence-electron chi connectivity index (χ3n) is 5.75. The molecular formula is C22H20F4N5+. The van der Waals surface area contributed by atoms with E-state index in [2.05, 4.69) is 9.97 Å². The predicted octanol–water partition coefficient (Wildman–Crippen LogP) is 3.48. The number of rotatable bonds is 4. The van der Waals surface area contributed by atoms with Crippen molar-refractivity contribution >= 4 is 5.52 Å². The van der Waals surface area contributed by atoms with Crippen molar-refractivity contribution in [3.8, 4) is 22.9 Å². The Hall–Kier alpha value is -3.20. The fraction of sp³-hybridized carbons (Fsp3) is 0.273. The second-order valence-corrected chi connectivity index (χ2v) is 7.90. The highest BCUT2D eigenvalue weighted by Gasteiger charge is 2.36. The number of aromatic nitrogens is 4. The van der Waals surface area contributed by atoms with E-state index in [1.165, 1.54) is 6.07 Å². The van der Waals surface area contributed by atoms with Gasteiger partial charge in [-0.3, -0.25) is 4.40 Å². The Balaban J connectivity index is 1.47. The first-order chi connectivity index (χ1) is 14.9. The number of fused-ring (bicyclic) bond motifs is 1. The summed E-state index contributed by atoms with van der Waals surface area (Å²) in [6.07, 6.45) is 3.18. The molecule has 9 heteroatoms. The molecule has 1 fully saturated rings. The molecule has 4 aromatic rings. The average Bonchev–Trinajstić information content (AvgIpc) is 3.37. The van der Waals surface area contributed by atoms with Crippen LogP contribution >= 0.6 is 0 Å². The monoisotopic (exact) mass is 430 g/mol. The maximum absolute atomic E-state index is 13.6. The fourth-order valence-electron chi connectivity index (χ4n) is 4.03. The zero-order chi connectivity index (χ0) is 21.6. The molecule has 3 aromatic heterocycles. The van der Waals surface area contributed by atoms with Crippen LogP contribution in [0.1, 0.15) is 18.5 Å². The molecule has 1 aliphatic heterocycles. The first-order valence-electron chi connectivity index (χ1n) is 10.1. The van der Waals surface area contributed by atoms with Crippen LogP contribution in [0.2, 0.25) is 0 Å². The van der Waals surface area contributed by atoms with Crippen LogP contribution in [0.5, 0.6) is 0 Å². The molecule has 0 saturated carbocycles. The number of hydrogen-bond acceptors (Lipinski definition) is 2. The number of likely N-dealkylation sites (tertiary alicyclic amines) is 1. The van der Waals surface area contributed by atoms with Crippen LogP contribution in [-0.4, -0.2) is 38.4 Å². The molecule has 1 aliphatic rings. The van der Waals surface area contributed by atoms with Gasteiger partial charge < -0.3 is 9.88 Å². The summed E-state index contributed by atoms with van der Waals surface area (Å²) in [5.41, 5.74) is 2.69. The van der Waals surface area contributed by atoms with Crippen molar-refractivity contribution in [1.82, 2.24) is 19.4 Å². The van der Waals surface area contributed by atoms with Gasteiger partial charge in [0.05, 0.1) is 43.3 Å². The molecule has 0 atom stereocenters. The average molecular weight is 430 g/mol. The molecule has 5 rings (SSSR count). The van der Waals surface area contributed by atoms with Crippen molar-refractivity contribution in [1.29, 1.82) is 0 Å². The lowest BCUT2D eigenvalue weighted by molar-refractivity contribution is -0.921. The fourth-order valence-corrected chi connectivity index (χ4v) is 4.03. The molecule has 0 spiro atoms. The number of hydrogen-bond donors (Lipinski definition) is 2. The van der Waals surface area contributed by atoms with E-state index in [0.717, 1.165) is 28.2 Å². The number of aromatic amines is 1. The van der Waals surface area contributed by atoms with Gasteiger partial charge in [-0.15, -0.1) is 0 Å². The van der Waals surface area contributed by atoms with Gasteiger partial charge in [-0.05, 0) is 30.3 Å². The number of piperidine rings is 1. The number of nitrogens with one attached hydrogen (secondary N) is 2. The largest absolute Gasteiger partial charge is 0.335 e. The molecule has 5 nitrogen and oxygen atoms in total. The van der Waals surface area contributed by atoms with Crippen LogP contribution in [0.4, 0.5) is 17.6 Å². The van der Waals surface area contributed by atoms with E-state index in [0.29, 0.717) is 42.5 Å². The minimum Gasteiger partial charge on any atom is -0.335 e. The number of alkyl halides is 2. The Bertz CT molecular complexity index is 1240. The number of nitrogens with zero attached hydrogens (tertiary/aromatic N) is 3. The van der Waals surface area contributed by atoms with Gasteiger partial charge in [-0.2, -0.15) is 0 Å². The quantitative estimate of drug-likeness (QED) is 0.487. The standard InChI is InChI=1S/C22H19F4N5/c23-15-5-4-14(11-16(15)24)17-12-27-20(28-17)21-29-18(19-3-1-2-8-31(19)21)13-30-9-6-22(25,26)7-10-30/h1-5,8,11-12H,6-7,9-10,13H2,(H,27,28)/p+1. The minimum absolute atomic E-state index is 0.114. The Kier molecular flexibility index (Phi) is 4.77. The summed E-state index contributed by atoms with van der Waals surface area (Å²) < 4.78 is 55.7. The van der Waals surface area contributed by atoms with Crippen molar-refractivity contribution in [2.75, 3.05) is 13.1 Å². The van der Waals surface area contributed by atoms with Crippen LogP contribution in [0.25, 0.3) is 28.4 Å². The number of pyridine rings is 1. The summed E-state index contributed by atoms with van der Waals surface area (Å²) in [5.74, 6) is -3.37. The molecule has 1 saturated heterocycles. The van der Waals surface area contributed by atoms with Crippen molar-refractivity contribution in [3.63, 3.8) is 0 Å². The molecule has 0 aliphatic carbocycles. The maximum atomic E-state index is 13.6. The zero-order valence-corrected chi connectivity index (χ0v) is 16.5. The smallest absolute Gasteiger partial charge is 0.258 e. The van der Waals surface area contributed by atoms with Gasteiger partial charge in [0.15, 0.2) is 23.3 Å². The molecular weight excluding hydrogens is 410 g/mol. The SMILES string of the molecule is Fc1ccc(-c2cnc(-c3nc(C[NH+]4CCC(F)(F)CC4)c4ccccn34)[nH]2)cc1F. The van der Waals surface area contributed by atoms with Crippen LogP contribution in [0, 0.1) is 11.6 Å². The number of H-pyrrole nitrogens is 1. The summed E-state index contributed by atoms with van der Waals surface area (Å²) >= 11 is 0. The lowest BCUT2D eigenvalue weighted by Gasteiger charge is -2.28. The van der Waals surface area contributed by atoms with Gasteiger partial charge in [-0.1, -0.05) is 6.07 Å². The van der Waals surface area contributed by atoms with E-state index in [-0.39, 0.29) is 12.8 Å². The number of halogens is 4. The molecule has 1 aromatic carbocycles. The van der Waals surface area contributed by atoms with Gasteiger partial charge >= 0.3 is 0 Å². The van der Waals surface area contributed by atoms with E-state index < -0.39 is 17.6 Å². The normalized spacial score (nSPS) is 16.8. The molecule has 4 heterocycles. The van der Waals surface area contributed by atoms with Gasteiger partial charge in [0.25, 0.3) is 5.92 Å². The summed E-state index contributed by atoms with van der Waals surface area (Å²) in [6.45, 7) is 1.34. The maximum Gasteiger partial charge on any atom is 0.258 e. The molecule has 0 unspecified atom stereocenters. The summed E-state index contributed by atoms with van der Waals surface area (Å²) in [7, 11) is 0. The lowest BCUT2D eigenvalue weighted by Crippen LogP contribution is -3.12. The second kappa shape index (κ2) is 7.49. The third-order valence-corrected chi connectivity index (χ3v) is 5.75. The van der Waals surface area contributed by atoms with E-state index >= 15 is 0 Å². The van der Waals surface area contributed by atoms with Gasteiger partial charge in [0.2, 0.25) is 0 Å². The molecule has 0 amide bonds. The zero-order valence-electron chi connectivity index (χ0n) is 16.5. The summed E-state index contributed by atoms with van der Waals surface area (Å²) in [6, 6.07) is 9.36. The van der Waals surface area contributed by atoms with Gasteiger partial charge in [-0.25, -0.2) is 27.5 Å². The van der Waals surface area contributed by atoms with Gasteiger partial charge in [0.1, 0.15) is 12.2 Å². The second-order valence-electron chi connectivity index (χ2n) is 7.90. The Labute approximate surface area is 175 Å². The topological polar surface area (TPSA) is 50.4 Å². The Morgan fingerprint density at radius 3 is 2.65 bits per heavy atom. The highest BCUT2D eigenvalue weighted by molar-refractivity contribution is 5.65. The van der Waals surface area contributed by atoms with E-state index in [4.69, 9.17) is 4.98 Å². The first kappa shape index (κ1) is 19.7. The number of quaternary nitrogens is 1. The predicted molar refractivity (Wildman–Crippen MR) is 107 cm³/mol. The minimum atomic E-state index is -2.57. The van der Waals surface area contributed by atoms with Crippen LogP contribution in [0.3, 0.4) is 0 Å². The molecule has 31 heavy (non-hydrogen) atoms. The molecule has 160 valence electrons. The Morgan fingerprint density at radius 1 is 1.06 bits per heavy atom. The molecule has 0 bridgehead atoms. The summed E-state index contributed by atoms with van der Waals surface area (Å²) in [5, 5.41) is 0. The van der Waals surface area contributed by atoms with Crippen molar-refractivity contribution in [3.05, 3.63) is 66.1 Å². The first-order valence-corrected chi connectivity index (χ1v) is 10.1. The van der Waals surface area contributed by atoms with E-state index in [9.17, 15) is 17.6 Å². The lowest BCUT2D eigenvalue weighted by atomic mass is 10.1.